The Morgan fingerprint density at radius 1 is 1.03 bits per heavy atom. The van der Waals surface area contributed by atoms with E-state index in [1.165, 1.54) is 11.8 Å². The first-order valence-corrected chi connectivity index (χ1v) is 12.1. The highest BCUT2D eigenvalue weighted by atomic mass is 35.5. The van der Waals surface area contributed by atoms with E-state index in [4.69, 9.17) is 16.6 Å². The predicted octanol–water partition coefficient (Wildman–Crippen LogP) is 5.37. The van der Waals surface area contributed by atoms with E-state index in [0.29, 0.717) is 28.2 Å². The van der Waals surface area contributed by atoms with Crippen molar-refractivity contribution in [2.75, 3.05) is 18.0 Å². The fourth-order valence-electron chi connectivity index (χ4n) is 3.23. The normalized spacial score (nSPS) is 10.7. The third kappa shape index (κ3) is 7.21. The first kappa shape index (κ1) is 24.0. The molecule has 8 heteroatoms. The minimum absolute atomic E-state index is 0.107. The summed E-state index contributed by atoms with van der Waals surface area (Å²) in [5.41, 5.74) is 2.66. The number of thioether (sulfide) groups is 1. The van der Waals surface area contributed by atoms with Gasteiger partial charge in [-0.25, -0.2) is 9.97 Å². The van der Waals surface area contributed by atoms with Gasteiger partial charge in [-0.3, -0.25) is 9.78 Å². The topological polar surface area (TPSA) is 71.0 Å². The monoisotopic (exact) mass is 469 g/mol. The summed E-state index contributed by atoms with van der Waals surface area (Å²) in [4.78, 5) is 27.9. The molecular formula is C24H28ClN5OS. The maximum absolute atomic E-state index is 12.6. The molecule has 0 aliphatic heterocycles. The number of nitrogens with one attached hydrogen (secondary N) is 1. The molecule has 2 aromatic heterocycles. The van der Waals surface area contributed by atoms with Gasteiger partial charge in [0.05, 0.1) is 0 Å². The van der Waals surface area contributed by atoms with Crippen molar-refractivity contribution in [1.82, 2.24) is 20.3 Å². The van der Waals surface area contributed by atoms with Crippen molar-refractivity contribution in [3.63, 3.8) is 0 Å². The second kappa shape index (κ2) is 12.4. The molecule has 3 aromatic rings. The third-order valence-electron chi connectivity index (χ3n) is 4.73. The van der Waals surface area contributed by atoms with Gasteiger partial charge in [0, 0.05) is 49.4 Å². The van der Waals surface area contributed by atoms with E-state index in [9.17, 15) is 4.79 Å². The second-order valence-electron chi connectivity index (χ2n) is 7.35. The Bertz CT molecular complexity index is 1010. The summed E-state index contributed by atoms with van der Waals surface area (Å²) < 4.78 is 0. The zero-order valence-electron chi connectivity index (χ0n) is 18.4. The van der Waals surface area contributed by atoms with Crippen LogP contribution in [-0.4, -0.2) is 33.9 Å². The number of hydrogen-bond donors (Lipinski definition) is 1. The lowest BCUT2D eigenvalue weighted by Gasteiger charge is -2.22. The van der Waals surface area contributed by atoms with E-state index in [-0.39, 0.29) is 5.91 Å². The van der Waals surface area contributed by atoms with Gasteiger partial charge >= 0.3 is 0 Å². The molecule has 0 unspecified atom stereocenters. The number of carbonyl (C=O) groups is 1. The summed E-state index contributed by atoms with van der Waals surface area (Å²) in [5.74, 6) is 1.40. The zero-order chi connectivity index (χ0) is 22.8. The molecule has 168 valence electrons. The molecule has 3 rings (SSSR count). The highest BCUT2D eigenvalue weighted by Crippen LogP contribution is 2.25. The van der Waals surface area contributed by atoms with Crippen LogP contribution >= 0.6 is 23.4 Å². The van der Waals surface area contributed by atoms with Crippen molar-refractivity contribution < 1.29 is 4.79 Å². The molecule has 0 fully saturated rings. The number of rotatable bonds is 11. The van der Waals surface area contributed by atoms with Crippen molar-refractivity contribution in [1.29, 1.82) is 0 Å². The molecule has 0 radical (unpaired) electrons. The average molecular weight is 470 g/mol. The highest BCUT2D eigenvalue weighted by Gasteiger charge is 2.12. The lowest BCUT2D eigenvalue weighted by molar-refractivity contribution is 0.0951. The van der Waals surface area contributed by atoms with Gasteiger partial charge in [-0.05, 0) is 48.2 Å². The number of anilines is 1. The molecule has 1 amide bonds. The largest absolute Gasteiger partial charge is 0.356 e. The highest BCUT2D eigenvalue weighted by molar-refractivity contribution is 7.98. The first-order valence-electron chi connectivity index (χ1n) is 10.8. The van der Waals surface area contributed by atoms with Crippen molar-refractivity contribution in [3.8, 4) is 0 Å². The van der Waals surface area contributed by atoms with Crippen LogP contribution < -0.4 is 10.2 Å². The third-order valence-corrected chi connectivity index (χ3v) is 5.84. The van der Waals surface area contributed by atoms with Crippen LogP contribution in [0.4, 0.5) is 5.82 Å². The summed E-state index contributed by atoms with van der Waals surface area (Å²) in [5, 5.41) is 4.03. The molecule has 1 aromatic carbocycles. The molecule has 0 spiro atoms. The van der Waals surface area contributed by atoms with Gasteiger partial charge in [0.25, 0.3) is 5.91 Å². The van der Waals surface area contributed by atoms with E-state index < -0.39 is 0 Å². The van der Waals surface area contributed by atoms with Gasteiger partial charge in [0.15, 0.2) is 5.16 Å². The molecule has 0 aliphatic rings. The first-order chi connectivity index (χ1) is 15.6. The molecule has 0 aliphatic carbocycles. The quantitative estimate of drug-likeness (QED) is 0.231. The number of hydrogen-bond acceptors (Lipinski definition) is 6. The number of nitrogens with zero attached hydrogens (tertiary/aromatic N) is 4. The number of amides is 1. The SMILES string of the molecule is CCCN(CCC)c1cc(Cl)nc(SCc2cccc(C(=O)NCc3ccncc3)c2)n1. The van der Waals surface area contributed by atoms with Crippen molar-refractivity contribution in [2.24, 2.45) is 0 Å². The molecule has 0 saturated heterocycles. The number of carbonyl (C=O) groups excluding carboxylic acids is 1. The van der Waals surface area contributed by atoms with Crippen LogP contribution in [0, 0.1) is 0 Å². The lowest BCUT2D eigenvalue weighted by Crippen LogP contribution is -2.26. The molecule has 0 atom stereocenters. The van der Waals surface area contributed by atoms with Crippen LogP contribution in [0.1, 0.15) is 48.2 Å². The maximum Gasteiger partial charge on any atom is 0.251 e. The van der Waals surface area contributed by atoms with Gasteiger partial charge in [-0.15, -0.1) is 0 Å². The number of benzene rings is 1. The molecule has 32 heavy (non-hydrogen) atoms. The molecule has 1 N–H and O–H groups in total. The summed E-state index contributed by atoms with van der Waals surface area (Å²) >= 11 is 7.79. The predicted molar refractivity (Wildman–Crippen MR) is 131 cm³/mol. The van der Waals surface area contributed by atoms with Crippen LogP contribution in [0.25, 0.3) is 0 Å². The molecule has 0 bridgehead atoms. The van der Waals surface area contributed by atoms with Crippen molar-refractivity contribution >= 4 is 35.1 Å². The Kier molecular flexibility index (Phi) is 9.31. The van der Waals surface area contributed by atoms with Crippen molar-refractivity contribution in [3.05, 3.63) is 76.7 Å². The zero-order valence-corrected chi connectivity index (χ0v) is 20.0. The van der Waals surface area contributed by atoms with E-state index in [0.717, 1.165) is 42.9 Å². The van der Waals surface area contributed by atoms with Gasteiger partial charge < -0.3 is 10.2 Å². The molecular weight excluding hydrogens is 442 g/mol. The van der Waals surface area contributed by atoms with E-state index in [1.807, 2.05) is 42.5 Å². The van der Waals surface area contributed by atoms with E-state index in [1.54, 1.807) is 12.4 Å². The van der Waals surface area contributed by atoms with Gasteiger partial charge in [-0.2, -0.15) is 0 Å². The minimum atomic E-state index is -0.107. The molecule has 2 heterocycles. The van der Waals surface area contributed by atoms with Crippen LogP contribution in [0.3, 0.4) is 0 Å². The van der Waals surface area contributed by atoms with Crippen LogP contribution in [0.5, 0.6) is 0 Å². The Hall–Kier alpha value is -2.64. The van der Waals surface area contributed by atoms with E-state index >= 15 is 0 Å². The second-order valence-corrected chi connectivity index (χ2v) is 8.68. The standard InChI is InChI=1S/C24H28ClN5OS/c1-3-12-30(13-4-2)22-15-21(25)28-24(29-22)32-17-19-6-5-7-20(14-19)23(31)27-16-18-8-10-26-11-9-18/h5-11,14-15H,3-4,12-13,16-17H2,1-2H3,(H,27,31). The Morgan fingerprint density at radius 2 is 1.78 bits per heavy atom. The Balaban J connectivity index is 1.64. The van der Waals surface area contributed by atoms with Gasteiger partial charge in [0.2, 0.25) is 0 Å². The summed E-state index contributed by atoms with van der Waals surface area (Å²) in [7, 11) is 0. The minimum Gasteiger partial charge on any atom is -0.356 e. The summed E-state index contributed by atoms with van der Waals surface area (Å²) in [6.07, 6.45) is 5.51. The fraction of sp³-hybridized carbons (Fsp3) is 0.333. The number of halogens is 1. The average Bonchev–Trinajstić information content (AvgIpc) is 2.81. The Labute approximate surface area is 198 Å². The van der Waals surface area contributed by atoms with Crippen molar-refractivity contribution in [2.45, 2.75) is 44.1 Å². The van der Waals surface area contributed by atoms with E-state index in [2.05, 4.69) is 34.0 Å². The van der Waals surface area contributed by atoms with Crippen LogP contribution in [0.15, 0.2) is 60.0 Å². The number of aromatic nitrogens is 3. The smallest absolute Gasteiger partial charge is 0.251 e. The van der Waals surface area contributed by atoms with Crippen LogP contribution in [-0.2, 0) is 12.3 Å². The maximum atomic E-state index is 12.6. The molecule has 0 saturated carbocycles. The molecule has 6 nitrogen and oxygen atoms in total. The number of pyridine rings is 1. The van der Waals surface area contributed by atoms with Crippen LogP contribution in [0.2, 0.25) is 5.15 Å². The lowest BCUT2D eigenvalue weighted by atomic mass is 10.1. The van der Waals surface area contributed by atoms with Gasteiger partial charge in [-0.1, -0.05) is 49.3 Å². The summed E-state index contributed by atoms with van der Waals surface area (Å²) in [6.45, 7) is 6.64. The van der Waals surface area contributed by atoms with Gasteiger partial charge in [0.1, 0.15) is 11.0 Å². The summed E-state index contributed by atoms with van der Waals surface area (Å²) in [6, 6.07) is 13.2. The fourth-order valence-corrected chi connectivity index (χ4v) is 4.25. The Morgan fingerprint density at radius 3 is 2.50 bits per heavy atom.